The highest BCUT2D eigenvalue weighted by atomic mass is 79.9. The molecule has 2 N–H and O–H groups in total. The van der Waals surface area contributed by atoms with Crippen molar-refractivity contribution in [2.75, 3.05) is 0 Å². The Labute approximate surface area is 115 Å². The van der Waals surface area contributed by atoms with Gasteiger partial charge in [-0.05, 0) is 24.5 Å². The van der Waals surface area contributed by atoms with E-state index in [0.717, 1.165) is 34.0 Å². The summed E-state index contributed by atoms with van der Waals surface area (Å²) in [6.07, 6.45) is 3.19. The molecule has 0 radical (unpaired) electrons. The van der Waals surface area contributed by atoms with Crippen molar-refractivity contribution in [2.24, 2.45) is 5.92 Å². The van der Waals surface area contributed by atoms with Crippen LogP contribution < -0.4 is 5.32 Å². The summed E-state index contributed by atoms with van der Waals surface area (Å²) in [4.78, 5) is 7.77. The summed E-state index contributed by atoms with van der Waals surface area (Å²) in [6.45, 7) is 3.09. The zero-order valence-electron chi connectivity index (χ0n) is 10.3. The van der Waals surface area contributed by atoms with Crippen LogP contribution in [-0.4, -0.2) is 16.0 Å². The van der Waals surface area contributed by atoms with E-state index in [2.05, 4.69) is 50.3 Å². The molecule has 4 heteroatoms. The van der Waals surface area contributed by atoms with Crippen molar-refractivity contribution in [3.05, 3.63) is 40.8 Å². The Hall–Kier alpha value is -1.13. The summed E-state index contributed by atoms with van der Waals surface area (Å²) < 4.78 is 1.08. The van der Waals surface area contributed by atoms with Crippen LogP contribution in [0.2, 0.25) is 0 Å². The molecule has 3 rings (SSSR count). The normalized spacial score (nSPS) is 22.1. The van der Waals surface area contributed by atoms with Gasteiger partial charge in [0.25, 0.3) is 0 Å². The number of nitrogens with one attached hydrogen (secondary N) is 2. The molecule has 2 atom stereocenters. The van der Waals surface area contributed by atoms with Crippen molar-refractivity contribution in [1.29, 1.82) is 0 Å². The van der Waals surface area contributed by atoms with Crippen LogP contribution in [0.15, 0.2) is 34.9 Å². The first-order valence-electron chi connectivity index (χ1n) is 6.25. The Balaban J connectivity index is 1.69. The maximum absolute atomic E-state index is 4.41. The van der Waals surface area contributed by atoms with E-state index in [1.54, 1.807) is 0 Å². The van der Waals surface area contributed by atoms with Crippen LogP contribution in [0.5, 0.6) is 0 Å². The number of hydrogen-bond acceptors (Lipinski definition) is 2. The van der Waals surface area contributed by atoms with E-state index in [0.29, 0.717) is 6.04 Å². The van der Waals surface area contributed by atoms with Gasteiger partial charge in [0, 0.05) is 16.1 Å². The van der Waals surface area contributed by atoms with E-state index < -0.39 is 0 Å². The van der Waals surface area contributed by atoms with Gasteiger partial charge in [-0.3, -0.25) is 0 Å². The van der Waals surface area contributed by atoms with E-state index in [-0.39, 0.29) is 0 Å². The summed E-state index contributed by atoms with van der Waals surface area (Å²) in [6, 6.07) is 8.91. The summed E-state index contributed by atoms with van der Waals surface area (Å²) in [5, 5.41) is 3.50. The molecular formula is C14H16BrN3. The Morgan fingerprint density at radius 2 is 2.33 bits per heavy atom. The molecule has 94 valence electrons. The lowest BCUT2D eigenvalue weighted by Gasteiger charge is -2.00. The summed E-state index contributed by atoms with van der Waals surface area (Å²) in [5.74, 6) is 1.83. The summed E-state index contributed by atoms with van der Waals surface area (Å²) >= 11 is 3.48. The van der Waals surface area contributed by atoms with Crippen molar-refractivity contribution in [2.45, 2.75) is 25.9 Å². The maximum Gasteiger partial charge on any atom is 0.120 e. The Morgan fingerprint density at radius 1 is 1.50 bits per heavy atom. The number of aromatic nitrogens is 2. The molecule has 0 spiro atoms. The van der Waals surface area contributed by atoms with Crippen molar-refractivity contribution in [3.63, 3.8) is 0 Å². The van der Waals surface area contributed by atoms with Crippen LogP contribution in [0.4, 0.5) is 0 Å². The summed E-state index contributed by atoms with van der Waals surface area (Å²) in [7, 11) is 0. The number of aromatic amines is 1. The fraction of sp³-hybridized carbons (Fsp3) is 0.357. The average Bonchev–Trinajstić information content (AvgIpc) is 2.89. The average molecular weight is 306 g/mol. The lowest BCUT2D eigenvalue weighted by molar-refractivity contribution is 0.634. The third kappa shape index (κ3) is 2.65. The van der Waals surface area contributed by atoms with Gasteiger partial charge < -0.3 is 10.3 Å². The zero-order valence-corrected chi connectivity index (χ0v) is 11.9. The lowest BCUT2D eigenvalue weighted by atomic mass is 10.2. The Bertz CT molecular complexity index is 549. The van der Waals surface area contributed by atoms with E-state index in [9.17, 15) is 0 Å². The maximum atomic E-state index is 4.41. The number of rotatable bonds is 4. The molecule has 1 aliphatic rings. The standard InChI is InChI=1S/C14H16BrN3/c1-9-5-12(9)16-8-14-17-7-13(18-14)10-3-2-4-11(15)6-10/h2-4,6-7,9,12,16H,5,8H2,1H3,(H,17,18). The number of nitrogens with zero attached hydrogens (tertiary/aromatic N) is 1. The molecule has 0 amide bonds. The monoisotopic (exact) mass is 305 g/mol. The molecule has 3 nitrogen and oxygen atoms in total. The molecule has 1 saturated carbocycles. The van der Waals surface area contributed by atoms with Crippen molar-refractivity contribution >= 4 is 15.9 Å². The van der Waals surface area contributed by atoms with E-state index >= 15 is 0 Å². The molecule has 1 heterocycles. The molecule has 1 aromatic carbocycles. The Kier molecular flexibility index (Phi) is 3.22. The second kappa shape index (κ2) is 4.86. The van der Waals surface area contributed by atoms with Crippen LogP contribution in [-0.2, 0) is 6.54 Å². The largest absolute Gasteiger partial charge is 0.341 e. The van der Waals surface area contributed by atoms with Crippen LogP contribution in [0.1, 0.15) is 19.2 Å². The van der Waals surface area contributed by atoms with Gasteiger partial charge in [0.15, 0.2) is 0 Å². The second-order valence-electron chi connectivity index (χ2n) is 4.95. The fourth-order valence-electron chi connectivity index (χ4n) is 2.09. The third-order valence-electron chi connectivity index (χ3n) is 3.41. The zero-order chi connectivity index (χ0) is 12.5. The van der Waals surface area contributed by atoms with Crippen molar-refractivity contribution in [1.82, 2.24) is 15.3 Å². The first kappa shape index (κ1) is 11.9. The van der Waals surface area contributed by atoms with Crippen LogP contribution in [0.25, 0.3) is 11.3 Å². The molecule has 1 aliphatic carbocycles. The second-order valence-corrected chi connectivity index (χ2v) is 5.87. The highest BCUT2D eigenvalue weighted by Gasteiger charge is 2.31. The molecule has 2 unspecified atom stereocenters. The molecule has 0 aliphatic heterocycles. The van der Waals surface area contributed by atoms with Gasteiger partial charge in [0.2, 0.25) is 0 Å². The number of hydrogen-bond donors (Lipinski definition) is 2. The van der Waals surface area contributed by atoms with Gasteiger partial charge >= 0.3 is 0 Å². The number of benzene rings is 1. The molecule has 0 bridgehead atoms. The number of halogens is 1. The summed E-state index contributed by atoms with van der Waals surface area (Å²) in [5.41, 5.74) is 2.22. The van der Waals surface area contributed by atoms with Gasteiger partial charge in [0.05, 0.1) is 18.4 Å². The van der Waals surface area contributed by atoms with E-state index in [1.807, 2.05) is 18.3 Å². The van der Waals surface area contributed by atoms with Gasteiger partial charge in [-0.2, -0.15) is 0 Å². The van der Waals surface area contributed by atoms with E-state index in [1.165, 1.54) is 6.42 Å². The van der Waals surface area contributed by atoms with Gasteiger partial charge in [-0.25, -0.2) is 4.98 Å². The quantitative estimate of drug-likeness (QED) is 0.909. The molecule has 1 fully saturated rings. The van der Waals surface area contributed by atoms with Crippen LogP contribution in [0.3, 0.4) is 0 Å². The van der Waals surface area contributed by atoms with Crippen molar-refractivity contribution < 1.29 is 0 Å². The molecule has 2 aromatic rings. The molecule has 1 aromatic heterocycles. The number of imidazole rings is 1. The highest BCUT2D eigenvalue weighted by Crippen LogP contribution is 2.29. The molecule has 18 heavy (non-hydrogen) atoms. The minimum absolute atomic E-state index is 0.685. The van der Waals surface area contributed by atoms with Gasteiger partial charge in [-0.1, -0.05) is 35.0 Å². The smallest absolute Gasteiger partial charge is 0.120 e. The minimum atomic E-state index is 0.685. The van der Waals surface area contributed by atoms with Crippen molar-refractivity contribution in [3.8, 4) is 11.3 Å². The predicted molar refractivity (Wildman–Crippen MR) is 76.1 cm³/mol. The molecular weight excluding hydrogens is 290 g/mol. The first-order valence-corrected chi connectivity index (χ1v) is 7.05. The third-order valence-corrected chi connectivity index (χ3v) is 3.90. The van der Waals surface area contributed by atoms with Crippen LogP contribution in [0, 0.1) is 5.92 Å². The van der Waals surface area contributed by atoms with Crippen LogP contribution >= 0.6 is 15.9 Å². The SMILES string of the molecule is CC1CC1NCc1ncc(-c2cccc(Br)c2)[nH]1. The predicted octanol–water partition coefficient (Wildman–Crippen LogP) is 3.34. The van der Waals surface area contributed by atoms with Gasteiger partial charge in [0.1, 0.15) is 5.82 Å². The first-order chi connectivity index (χ1) is 8.72. The number of H-pyrrole nitrogens is 1. The lowest BCUT2D eigenvalue weighted by Crippen LogP contribution is -2.17. The Morgan fingerprint density at radius 3 is 3.06 bits per heavy atom. The fourth-order valence-corrected chi connectivity index (χ4v) is 2.49. The minimum Gasteiger partial charge on any atom is -0.341 e. The topological polar surface area (TPSA) is 40.7 Å². The highest BCUT2D eigenvalue weighted by molar-refractivity contribution is 9.10. The molecule has 0 saturated heterocycles. The van der Waals surface area contributed by atoms with E-state index in [4.69, 9.17) is 0 Å². The van der Waals surface area contributed by atoms with Gasteiger partial charge in [-0.15, -0.1) is 0 Å².